The Morgan fingerprint density at radius 3 is 2.77 bits per heavy atom. The Hall–Kier alpha value is -0.610. The van der Waals surface area contributed by atoms with Crippen molar-refractivity contribution in [3.05, 3.63) is 0 Å². The summed E-state index contributed by atoms with van der Waals surface area (Å²) >= 11 is 0. The second-order valence-electron chi connectivity index (χ2n) is 4.15. The summed E-state index contributed by atoms with van der Waals surface area (Å²) in [5, 5.41) is 2.98. The van der Waals surface area contributed by atoms with E-state index in [1.807, 2.05) is 25.9 Å². The Kier molecular flexibility index (Phi) is 3.27. The third kappa shape index (κ3) is 3.32. The smallest absolute Gasteiger partial charge is 0.234 e. The third-order valence-corrected chi connectivity index (χ3v) is 2.12. The van der Waals surface area contributed by atoms with Crippen LogP contribution < -0.4 is 5.32 Å². The van der Waals surface area contributed by atoms with Crippen LogP contribution >= 0.6 is 0 Å². The van der Waals surface area contributed by atoms with E-state index in [-0.39, 0.29) is 11.4 Å². The van der Waals surface area contributed by atoms with E-state index in [4.69, 9.17) is 4.74 Å². The number of nitrogens with zero attached hydrogens (tertiary/aromatic N) is 1. The fourth-order valence-electron chi connectivity index (χ4n) is 1.43. The molecule has 0 bridgehead atoms. The number of ether oxygens (including phenoxy) is 1. The van der Waals surface area contributed by atoms with Gasteiger partial charge in [0.05, 0.1) is 18.7 Å². The monoisotopic (exact) mass is 186 g/mol. The third-order valence-electron chi connectivity index (χ3n) is 2.12. The Labute approximate surface area is 79.2 Å². The fraction of sp³-hybridized carbons (Fsp3) is 0.889. The van der Waals surface area contributed by atoms with Crippen LogP contribution in [0.1, 0.15) is 13.3 Å². The predicted molar refractivity (Wildman–Crippen MR) is 50.5 cm³/mol. The maximum absolute atomic E-state index is 11.4. The largest absolute Gasteiger partial charge is 0.379 e. The van der Waals surface area contributed by atoms with Crippen molar-refractivity contribution in [2.45, 2.75) is 18.9 Å². The predicted octanol–water partition coefficient (Wildman–Crippen LogP) is -0.157. The van der Waals surface area contributed by atoms with Gasteiger partial charge in [0, 0.05) is 6.61 Å². The van der Waals surface area contributed by atoms with Crippen LogP contribution in [0.2, 0.25) is 0 Å². The van der Waals surface area contributed by atoms with Gasteiger partial charge in [-0.3, -0.25) is 4.79 Å². The molecule has 1 rings (SSSR count). The van der Waals surface area contributed by atoms with Crippen LogP contribution in [-0.4, -0.2) is 50.2 Å². The highest BCUT2D eigenvalue weighted by atomic mass is 16.5. The molecule has 1 heterocycles. The number of rotatable bonds is 3. The summed E-state index contributed by atoms with van der Waals surface area (Å²) in [4.78, 5) is 13.3. The van der Waals surface area contributed by atoms with Crippen molar-refractivity contribution in [3.8, 4) is 0 Å². The highest BCUT2D eigenvalue weighted by Crippen LogP contribution is 2.16. The van der Waals surface area contributed by atoms with Crippen LogP contribution in [0.15, 0.2) is 0 Å². The number of amides is 1. The zero-order valence-electron chi connectivity index (χ0n) is 8.59. The van der Waals surface area contributed by atoms with Crippen molar-refractivity contribution >= 4 is 5.91 Å². The Morgan fingerprint density at radius 1 is 1.62 bits per heavy atom. The summed E-state index contributed by atoms with van der Waals surface area (Å²) in [6, 6.07) is 0. The molecule has 1 amide bonds. The Morgan fingerprint density at radius 2 is 2.31 bits per heavy atom. The zero-order valence-corrected chi connectivity index (χ0v) is 8.59. The summed E-state index contributed by atoms with van der Waals surface area (Å²) in [5.41, 5.74) is -0.146. The highest BCUT2D eigenvalue weighted by molar-refractivity contribution is 5.78. The number of hydrogen-bond acceptors (Lipinski definition) is 3. The second-order valence-corrected chi connectivity index (χ2v) is 4.15. The van der Waals surface area contributed by atoms with Gasteiger partial charge in [0.15, 0.2) is 0 Å². The summed E-state index contributed by atoms with van der Waals surface area (Å²) in [5.74, 6) is 0.0676. The van der Waals surface area contributed by atoms with E-state index in [0.29, 0.717) is 13.2 Å². The quantitative estimate of drug-likeness (QED) is 0.666. The number of hydrogen-bond donors (Lipinski definition) is 1. The molecule has 0 aromatic rings. The van der Waals surface area contributed by atoms with E-state index in [2.05, 4.69) is 5.32 Å². The van der Waals surface area contributed by atoms with Gasteiger partial charge in [0.2, 0.25) is 5.91 Å². The van der Waals surface area contributed by atoms with E-state index >= 15 is 0 Å². The van der Waals surface area contributed by atoms with Crippen LogP contribution in [0.3, 0.4) is 0 Å². The van der Waals surface area contributed by atoms with Crippen LogP contribution in [0.25, 0.3) is 0 Å². The Bertz CT molecular complexity index is 186. The van der Waals surface area contributed by atoms with Gasteiger partial charge in [0.25, 0.3) is 0 Å². The molecule has 1 atom stereocenters. The average molecular weight is 186 g/mol. The zero-order chi connectivity index (χ0) is 9.90. The van der Waals surface area contributed by atoms with Crippen LogP contribution in [0.5, 0.6) is 0 Å². The minimum absolute atomic E-state index is 0.0676. The Balaban J connectivity index is 2.34. The molecule has 1 unspecified atom stereocenters. The minimum atomic E-state index is -0.146. The standard InChI is InChI=1S/C9H18N2O2/c1-9(4-5-13-7-9)10-8(12)6-11(2)3/h4-7H2,1-3H3,(H,10,12). The van der Waals surface area contributed by atoms with Crippen LogP contribution in [0, 0.1) is 0 Å². The number of carbonyl (C=O) groups is 1. The normalized spacial score (nSPS) is 28.0. The molecule has 76 valence electrons. The number of likely N-dealkylation sites (N-methyl/N-ethyl adjacent to an activating group) is 1. The van der Waals surface area contributed by atoms with Crippen molar-refractivity contribution in [1.82, 2.24) is 10.2 Å². The summed E-state index contributed by atoms with van der Waals surface area (Å²) in [6.45, 7) is 3.84. The topological polar surface area (TPSA) is 41.6 Å². The van der Waals surface area contributed by atoms with E-state index in [9.17, 15) is 4.79 Å². The van der Waals surface area contributed by atoms with Gasteiger partial charge in [0.1, 0.15) is 0 Å². The van der Waals surface area contributed by atoms with Crippen molar-refractivity contribution in [2.75, 3.05) is 33.9 Å². The first-order chi connectivity index (χ1) is 6.02. The van der Waals surface area contributed by atoms with Crippen molar-refractivity contribution in [3.63, 3.8) is 0 Å². The molecule has 13 heavy (non-hydrogen) atoms. The molecule has 0 aromatic heterocycles. The van der Waals surface area contributed by atoms with Gasteiger partial charge in [-0.1, -0.05) is 0 Å². The summed E-state index contributed by atoms with van der Waals surface area (Å²) in [7, 11) is 3.76. The summed E-state index contributed by atoms with van der Waals surface area (Å²) in [6.07, 6.45) is 0.909. The lowest BCUT2D eigenvalue weighted by Gasteiger charge is -2.24. The molecule has 1 saturated heterocycles. The van der Waals surface area contributed by atoms with Crippen molar-refractivity contribution < 1.29 is 9.53 Å². The van der Waals surface area contributed by atoms with Gasteiger partial charge in [-0.25, -0.2) is 0 Å². The van der Waals surface area contributed by atoms with Gasteiger partial charge in [-0.15, -0.1) is 0 Å². The van der Waals surface area contributed by atoms with Gasteiger partial charge in [-0.2, -0.15) is 0 Å². The maximum Gasteiger partial charge on any atom is 0.234 e. The van der Waals surface area contributed by atoms with E-state index in [1.165, 1.54) is 0 Å². The molecule has 1 aliphatic rings. The minimum Gasteiger partial charge on any atom is -0.379 e. The molecule has 1 fully saturated rings. The van der Waals surface area contributed by atoms with Gasteiger partial charge < -0.3 is 15.0 Å². The van der Waals surface area contributed by atoms with E-state index in [1.54, 1.807) is 0 Å². The molecule has 0 spiro atoms. The van der Waals surface area contributed by atoms with Crippen LogP contribution in [0.4, 0.5) is 0 Å². The first-order valence-corrected chi connectivity index (χ1v) is 4.55. The maximum atomic E-state index is 11.4. The van der Waals surface area contributed by atoms with Gasteiger partial charge in [-0.05, 0) is 27.4 Å². The lowest BCUT2D eigenvalue weighted by Crippen LogP contribution is -2.49. The number of carbonyl (C=O) groups excluding carboxylic acids is 1. The molecule has 0 radical (unpaired) electrons. The molecule has 1 N–H and O–H groups in total. The van der Waals surface area contributed by atoms with Gasteiger partial charge >= 0.3 is 0 Å². The first kappa shape index (κ1) is 10.5. The first-order valence-electron chi connectivity index (χ1n) is 4.55. The molecule has 4 heteroatoms. The second kappa shape index (κ2) is 4.07. The molecule has 0 saturated carbocycles. The highest BCUT2D eigenvalue weighted by Gasteiger charge is 2.30. The van der Waals surface area contributed by atoms with Crippen molar-refractivity contribution in [2.24, 2.45) is 0 Å². The van der Waals surface area contributed by atoms with E-state index in [0.717, 1.165) is 13.0 Å². The lowest BCUT2D eigenvalue weighted by molar-refractivity contribution is -0.123. The molecular weight excluding hydrogens is 168 g/mol. The molecule has 1 aliphatic heterocycles. The van der Waals surface area contributed by atoms with Crippen molar-refractivity contribution in [1.29, 1.82) is 0 Å². The molecule has 0 aliphatic carbocycles. The average Bonchev–Trinajstić information content (AvgIpc) is 2.33. The SMILES string of the molecule is CN(C)CC(=O)NC1(C)CCOC1. The lowest BCUT2D eigenvalue weighted by atomic mass is 10.0. The number of nitrogens with one attached hydrogen (secondary N) is 1. The van der Waals surface area contributed by atoms with Crippen LogP contribution in [-0.2, 0) is 9.53 Å². The summed E-state index contributed by atoms with van der Waals surface area (Å²) < 4.78 is 5.24. The van der Waals surface area contributed by atoms with E-state index < -0.39 is 0 Å². The fourth-order valence-corrected chi connectivity index (χ4v) is 1.43. The molecule has 0 aromatic carbocycles. The molecular formula is C9H18N2O2. The molecule has 4 nitrogen and oxygen atoms in total.